The van der Waals surface area contributed by atoms with Gasteiger partial charge >= 0.3 is 0 Å². The third-order valence-corrected chi connectivity index (χ3v) is 4.04. The van der Waals surface area contributed by atoms with E-state index in [1.165, 1.54) is 23.9 Å². The average molecular weight is 338 g/mol. The van der Waals surface area contributed by atoms with Crippen LogP contribution in [0.4, 0.5) is 4.39 Å². The third kappa shape index (κ3) is 5.99. The van der Waals surface area contributed by atoms with Crippen LogP contribution in [0.5, 0.6) is 0 Å². The van der Waals surface area contributed by atoms with Crippen LogP contribution < -0.4 is 5.32 Å². The van der Waals surface area contributed by atoms with Gasteiger partial charge in [0.1, 0.15) is 12.1 Å². The molecule has 1 aromatic carbocycles. The zero-order chi connectivity index (χ0) is 16.5. The maximum absolute atomic E-state index is 12.8. The number of benzene rings is 1. The topological polar surface area (TPSA) is 69.0 Å². The number of nitrogens with one attached hydrogen (secondary N) is 1. The van der Waals surface area contributed by atoms with Crippen molar-refractivity contribution in [3.8, 4) is 0 Å². The van der Waals surface area contributed by atoms with Gasteiger partial charge in [-0.15, -0.1) is 10.2 Å². The molecule has 0 aliphatic rings. The molecule has 1 heterocycles. The summed E-state index contributed by atoms with van der Waals surface area (Å²) in [7, 11) is 1.66. The SMILES string of the molecule is COCCCn1cnnc1SCC(=O)NCc1ccc(F)cc1. The summed E-state index contributed by atoms with van der Waals surface area (Å²) in [5.41, 5.74) is 0.854. The van der Waals surface area contributed by atoms with Crippen molar-refractivity contribution >= 4 is 17.7 Å². The fourth-order valence-corrected chi connectivity index (χ4v) is 2.64. The van der Waals surface area contributed by atoms with Crippen LogP contribution in [0, 0.1) is 5.82 Å². The molecule has 1 aromatic heterocycles. The molecule has 23 heavy (non-hydrogen) atoms. The van der Waals surface area contributed by atoms with Crippen molar-refractivity contribution in [2.45, 2.75) is 24.7 Å². The molecular weight excluding hydrogens is 319 g/mol. The fourth-order valence-electron chi connectivity index (χ4n) is 1.87. The minimum absolute atomic E-state index is 0.106. The average Bonchev–Trinajstić information content (AvgIpc) is 3.00. The van der Waals surface area contributed by atoms with Gasteiger partial charge in [0.2, 0.25) is 5.91 Å². The monoisotopic (exact) mass is 338 g/mol. The minimum Gasteiger partial charge on any atom is -0.385 e. The molecule has 0 atom stereocenters. The maximum atomic E-state index is 12.8. The number of carbonyl (C=O) groups excluding carboxylic acids is 1. The first-order valence-corrected chi connectivity index (χ1v) is 8.18. The van der Waals surface area contributed by atoms with E-state index in [9.17, 15) is 9.18 Å². The molecule has 1 amide bonds. The summed E-state index contributed by atoms with van der Waals surface area (Å²) in [6.45, 7) is 1.79. The highest BCUT2D eigenvalue weighted by atomic mass is 32.2. The highest BCUT2D eigenvalue weighted by molar-refractivity contribution is 7.99. The molecule has 0 saturated carbocycles. The molecule has 0 fully saturated rings. The largest absolute Gasteiger partial charge is 0.385 e. The van der Waals surface area contributed by atoms with E-state index in [0.717, 1.165) is 18.5 Å². The van der Waals surface area contributed by atoms with Gasteiger partial charge in [0.05, 0.1) is 5.75 Å². The number of thioether (sulfide) groups is 1. The number of hydrogen-bond donors (Lipinski definition) is 1. The molecule has 0 radical (unpaired) electrons. The van der Waals surface area contributed by atoms with Crippen molar-refractivity contribution in [1.29, 1.82) is 0 Å². The first kappa shape index (κ1) is 17.4. The molecule has 2 rings (SSSR count). The van der Waals surface area contributed by atoms with Gasteiger partial charge in [-0.3, -0.25) is 4.79 Å². The van der Waals surface area contributed by atoms with Gasteiger partial charge in [-0.25, -0.2) is 4.39 Å². The predicted octanol–water partition coefficient (Wildman–Crippen LogP) is 1.86. The van der Waals surface area contributed by atoms with Gasteiger partial charge in [-0.05, 0) is 24.1 Å². The Bertz CT molecular complexity index is 618. The maximum Gasteiger partial charge on any atom is 0.230 e. The van der Waals surface area contributed by atoms with E-state index in [4.69, 9.17) is 4.74 Å². The second kappa shape index (κ2) is 9.26. The fraction of sp³-hybridized carbons (Fsp3) is 0.400. The second-order valence-corrected chi connectivity index (χ2v) is 5.79. The number of methoxy groups -OCH3 is 1. The summed E-state index contributed by atoms with van der Waals surface area (Å²) >= 11 is 1.33. The van der Waals surface area contributed by atoms with Crippen LogP contribution in [0.25, 0.3) is 0 Å². The smallest absolute Gasteiger partial charge is 0.230 e. The molecule has 0 unspecified atom stereocenters. The van der Waals surface area contributed by atoms with Crippen LogP contribution in [0.15, 0.2) is 35.7 Å². The lowest BCUT2D eigenvalue weighted by Gasteiger charge is -2.07. The van der Waals surface area contributed by atoms with Crippen molar-refractivity contribution in [3.05, 3.63) is 42.0 Å². The summed E-state index contributed by atoms with van der Waals surface area (Å²) in [5, 5.41) is 11.4. The van der Waals surface area contributed by atoms with Crippen molar-refractivity contribution in [3.63, 3.8) is 0 Å². The number of hydrogen-bond acceptors (Lipinski definition) is 5. The zero-order valence-electron chi connectivity index (χ0n) is 12.9. The number of carbonyl (C=O) groups is 1. The van der Waals surface area contributed by atoms with Gasteiger partial charge in [-0.2, -0.15) is 0 Å². The molecule has 0 bridgehead atoms. The van der Waals surface area contributed by atoms with Crippen LogP contribution in [-0.2, 0) is 22.6 Å². The molecule has 0 aliphatic carbocycles. The molecule has 2 aromatic rings. The lowest BCUT2D eigenvalue weighted by Crippen LogP contribution is -2.24. The Labute approximate surface area is 138 Å². The van der Waals surface area contributed by atoms with Gasteiger partial charge < -0.3 is 14.6 Å². The molecule has 8 heteroatoms. The van der Waals surface area contributed by atoms with Gasteiger partial charge in [0.25, 0.3) is 0 Å². The Morgan fingerprint density at radius 2 is 2.17 bits per heavy atom. The van der Waals surface area contributed by atoms with Crippen molar-refractivity contribution < 1.29 is 13.9 Å². The van der Waals surface area contributed by atoms with Crippen LogP contribution in [-0.4, -0.2) is 40.1 Å². The van der Waals surface area contributed by atoms with E-state index >= 15 is 0 Å². The number of halogens is 1. The Morgan fingerprint density at radius 3 is 2.91 bits per heavy atom. The summed E-state index contributed by atoms with van der Waals surface area (Å²) in [4.78, 5) is 11.9. The molecule has 6 nitrogen and oxygen atoms in total. The lowest BCUT2D eigenvalue weighted by atomic mass is 10.2. The van der Waals surface area contributed by atoms with Gasteiger partial charge in [-0.1, -0.05) is 23.9 Å². The van der Waals surface area contributed by atoms with E-state index in [2.05, 4.69) is 15.5 Å². The van der Waals surface area contributed by atoms with Crippen molar-refractivity contribution in [1.82, 2.24) is 20.1 Å². The van der Waals surface area contributed by atoms with E-state index < -0.39 is 0 Å². The number of aryl methyl sites for hydroxylation is 1. The normalized spacial score (nSPS) is 10.7. The van der Waals surface area contributed by atoms with Crippen molar-refractivity contribution in [2.24, 2.45) is 0 Å². The van der Waals surface area contributed by atoms with Crippen LogP contribution in [0.3, 0.4) is 0 Å². The summed E-state index contributed by atoms with van der Waals surface area (Å²) < 4.78 is 19.7. The minimum atomic E-state index is -0.288. The Balaban J connectivity index is 1.74. The number of aromatic nitrogens is 3. The van der Waals surface area contributed by atoms with Crippen LogP contribution in [0.2, 0.25) is 0 Å². The summed E-state index contributed by atoms with van der Waals surface area (Å²) in [6, 6.07) is 6.04. The molecule has 1 N–H and O–H groups in total. The number of rotatable bonds is 9. The Hall–Kier alpha value is -1.93. The molecule has 0 spiro atoms. The quantitative estimate of drug-likeness (QED) is 0.558. The Kier molecular flexibility index (Phi) is 7.02. The van der Waals surface area contributed by atoms with Crippen LogP contribution in [0.1, 0.15) is 12.0 Å². The predicted molar refractivity (Wildman–Crippen MR) is 85.5 cm³/mol. The van der Waals surface area contributed by atoms with E-state index in [1.54, 1.807) is 25.6 Å². The first-order valence-electron chi connectivity index (χ1n) is 7.19. The highest BCUT2D eigenvalue weighted by Gasteiger charge is 2.08. The van der Waals surface area contributed by atoms with Crippen LogP contribution >= 0.6 is 11.8 Å². The van der Waals surface area contributed by atoms with E-state index in [1.807, 2.05) is 4.57 Å². The second-order valence-electron chi connectivity index (χ2n) is 4.85. The Morgan fingerprint density at radius 1 is 1.39 bits per heavy atom. The summed E-state index contributed by atoms with van der Waals surface area (Å²) in [6.07, 6.45) is 2.51. The molecular formula is C15H19FN4O2S. The number of amides is 1. The molecule has 124 valence electrons. The lowest BCUT2D eigenvalue weighted by molar-refractivity contribution is -0.118. The highest BCUT2D eigenvalue weighted by Crippen LogP contribution is 2.14. The van der Waals surface area contributed by atoms with E-state index in [0.29, 0.717) is 18.3 Å². The molecule has 0 saturated heterocycles. The zero-order valence-corrected chi connectivity index (χ0v) is 13.7. The van der Waals surface area contributed by atoms with Crippen molar-refractivity contribution in [2.75, 3.05) is 19.5 Å². The number of nitrogens with zero attached hydrogens (tertiary/aromatic N) is 3. The van der Waals surface area contributed by atoms with Gasteiger partial charge in [0.15, 0.2) is 5.16 Å². The third-order valence-electron chi connectivity index (χ3n) is 3.06. The van der Waals surface area contributed by atoms with E-state index in [-0.39, 0.29) is 17.5 Å². The standard InChI is InChI=1S/C15H19FN4O2S/c1-22-8-2-7-20-11-18-19-15(20)23-10-14(21)17-9-12-3-5-13(16)6-4-12/h3-6,11H,2,7-10H2,1H3,(H,17,21). The molecule has 0 aliphatic heterocycles. The summed E-state index contributed by atoms with van der Waals surface area (Å²) in [5.74, 6) is -0.140. The number of ether oxygens (including phenoxy) is 1. The van der Waals surface area contributed by atoms with Gasteiger partial charge in [0, 0.05) is 26.8 Å². The first-order chi connectivity index (χ1) is 11.2.